The maximum Gasteiger partial charge on any atom is 0.0716 e. The van der Waals surface area contributed by atoms with E-state index in [1.165, 1.54) is 36.7 Å². The molecule has 0 saturated heterocycles. The molecule has 0 fully saturated rings. The summed E-state index contributed by atoms with van der Waals surface area (Å²) in [6, 6.07) is 0. The topological polar surface area (TPSA) is 24.7 Å². The maximum atomic E-state index is 4.01. The fourth-order valence-electron chi connectivity index (χ4n) is 0.837. The Morgan fingerprint density at radius 1 is 1.18 bits per heavy atom. The van der Waals surface area contributed by atoms with Gasteiger partial charge in [-0.15, -0.1) is 4.52 Å². The number of hydrogen-bond acceptors (Lipinski definition) is 4. The Labute approximate surface area is 75.5 Å². The maximum absolute atomic E-state index is 4.01. The normalized spacial score (nSPS) is 21.1. The Morgan fingerprint density at radius 2 is 2.18 bits per heavy atom. The zero-order valence-corrected chi connectivity index (χ0v) is 8.03. The minimum atomic E-state index is 0.896. The fraction of sp³-hybridized carbons (Fsp3) is 0.714. The summed E-state index contributed by atoms with van der Waals surface area (Å²) in [6.07, 6.45) is 7.16. The van der Waals surface area contributed by atoms with Gasteiger partial charge < -0.3 is 0 Å². The summed E-state index contributed by atoms with van der Waals surface area (Å²) in [5, 5.41) is 6.10. The van der Waals surface area contributed by atoms with Gasteiger partial charge in [0.25, 0.3) is 0 Å². The molecule has 0 saturated carbocycles. The molecule has 0 bridgehead atoms. The predicted molar refractivity (Wildman–Crippen MR) is 52.5 cm³/mol. The van der Waals surface area contributed by atoms with Crippen LogP contribution in [0.25, 0.3) is 0 Å². The van der Waals surface area contributed by atoms with Gasteiger partial charge >= 0.3 is 0 Å². The van der Waals surface area contributed by atoms with Crippen molar-refractivity contribution in [3.05, 3.63) is 11.5 Å². The van der Waals surface area contributed by atoms with Crippen molar-refractivity contribution in [2.45, 2.75) is 25.7 Å². The molecule has 0 radical (unpaired) electrons. The molecule has 0 spiro atoms. The lowest BCUT2D eigenvalue weighted by Crippen LogP contribution is -1.79. The first kappa shape index (κ1) is 9.13. The van der Waals surface area contributed by atoms with E-state index < -0.39 is 0 Å². The minimum absolute atomic E-state index is 0.896. The van der Waals surface area contributed by atoms with Gasteiger partial charge in [-0.05, 0) is 35.5 Å². The standard InChI is InChI=1S/C7H12N2S2/c1-2-4-6-8-9-11-10-7-5-3-1/h5,7H,1-4,6H2. The van der Waals surface area contributed by atoms with Crippen molar-refractivity contribution in [3.63, 3.8) is 0 Å². The summed E-state index contributed by atoms with van der Waals surface area (Å²) in [7, 11) is 3.09. The van der Waals surface area contributed by atoms with Crippen LogP contribution in [0.4, 0.5) is 0 Å². The molecule has 0 amide bonds. The van der Waals surface area contributed by atoms with E-state index in [2.05, 4.69) is 21.1 Å². The predicted octanol–water partition coefficient (Wildman–Crippen LogP) is 3.82. The van der Waals surface area contributed by atoms with Crippen molar-refractivity contribution < 1.29 is 0 Å². The lowest BCUT2D eigenvalue weighted by Gasteiger charge is -1.92. The summed E-state index contributed by atoms with van der Waals surface area (Å²) in [6.45, 7) is 0.896. The Bertz CT molecular complexity index is 129. The van der Waals surface area contributed by atoms with E-state index in [4.69, 9.17) is 0 Å². The van der Waals surface area contributed by atoms with Crippen molar-refractivity contribution >= 4 is 21.8 Å². The quantitative estimate of drug-likeness (QED) is 0.426. The van der Waals surface area contributed by atoms with Gasteiger partial charge in [-0.25, -0.2) is 0 Å². The van der Waals surface area contributed by atoms with E-state index in [1.54, 1.807) is 10.8 Å². The highest BCUT2D eigenvalue weighted by Gasteiger charge is 1.89. The molecule has 0 N–H and O–H groups in total. The lowest BCUT2D eigenvalue weighted by molar-refractivity contribution is 0.688. The Kier molecular flexibility index (Phi) is 5.59. The molecule has 2 nitrogen and oxygen atoms in total. The monoisotopic (exact) mass is 188 g/mol. The van der Waals surface area contributed by atoms with Crippen LogP contribution in [0.2, 0.25) is 0 Å². The molecule has 11 heavy (non-hydrogen) atoms. The second-order valence-corrected chi connectivity index (χ2v) is 4.14. The molecule has 0 aliphatic carbocycles. The summed E-state index contributed by atoms with van der Waals surface area (Å²) in [4.78, 5) is 0. The van der Waals surface area contributed by atoms with E-state index >= 15 is 0 Å². The van der Waals surface area contributed by atoms with Gasteiger partial charge in [0, 0.05) is 0 Å². The first-order chi connectivity index (χ1) is 5.50. The van der Waals surface area contributed by atoms with Gasteiger partial charge in [0.05, 0.1) is 17.5 Å². The van der Waals surface area contributed by atoms with Gasteiger partial charge in [0.1, 0.15) is 0 Å². The van der Waals surface area contributed by atoms with Gasteiger partial charge in [0.2, 0.25) is 0 Å². The third kappa shape index (κ3) is 5.32. The van der Waals surface area contributed by atoms with Crippen molar-refractivity contribution in [2.24, 2.45) is 9.63 Å². The first-order valence-electron chi connectivity index (χ1n) is 3.84. The molecule has 0 unspecified atom stereocenters. The van der Waals surface area contributed by atoms with Gasteiger partial charge in [0.15, 0.2) is 0 Å². The Morgan fingerprint density at radius 3 is 3.18 bits per heavy atom. The molecule has 0 aromatic heterocycles. The van der Waals surface area contributed by atoms with Crippen LogP contribution in [-0.4, -0.2) is 6.54 Å². The zero-order valence-electron chi connectivity index (χ0n) is 6.40. The van der Waals surface area contributed by atoms with Crippen LogP contribution in [0.5, 0.6) is 0 Å². The fourth-order valence-corrected chi connectivity index (χ4v) is 1.91. The molecular formula is C7H12N2S2. The molecule has 1 heterocycles. The summed E-state index contributed by atoms with van der Waals surface area (Å²) >= 11 is 0. The van der Waals surface area contributed by atoms with Crippen molar-refractivity contribution in [3.8, 4) is 0 Å². The van der Waals surface area contributed by atoms with E-state index in [1.807, 2.05) is 0 Å². The lowest BCUT2D eigenvalue weighted by atomic mass is 10.2. The molecule has 4 heteroatoms. The van der Waals surface area contributed by atoms with Crippen LogP contribution >= 0.6 is 21.8 Å². The largest absolute Gasteiger partial charge is 0.181 e. The van der Waals surface area contributed by atoms with Crippen molar-refractivity contribution in [1.29, 1.82) is 0 Å². The van der Waals surface area contributed by atoms with E-state index in [-0.39, 0.29) is 0 Å². The van der Waals surface area contributed by atoms with Crippen molar-refractivity contribution in [1.82, 2.24) is 0 Å². The van der Waals surface area contributed by atoms with Crippen LogP contribution in [0.1, 0.15) is 25.7 Å². The number of rotatable bonds is 0. The number of allylic oxidation sites excluding steroid dienone is 1. The molecule has 0 atom stereocenters. The van der Waals surface area contributed by atoms with Crippen LogP contribution < -0.4 is 0 Å². The van der Waals surface area contributed by atoms with Crippen LogP contribution in [-0.2, 0) is 0 Å². The molecule has 0 aromatic carbocycles. The Balaban J connectivity index is 2.22. The SMILES string of the molecule is C1=CSSN=NCCCCC1. The molecule has 0 aromatic rings. The minimum Gasteiger partial charge on any atom is -0.181 e. The average molecular weight is 188 g/mol. The summed E-state index contributed by atoms with van der Waals surface area (Å²) < 4.78 is 3.93. The molecule has 1 rings (SSSR count). The third-order valence-corrected chi connectivity index (χ3v) is 2.78. The highest BCUT2D eigenvalue weighted by Crippen LogP contribution is 2.24. The third-order valence-electron chi connectivity index (χ3n) is 1.41. The molecular weight excluding hydrogens is 176 g/mol. The van der Waals surface area contributed by atoms with Gasteiger partial charge in [-0.2, -0.15) is 5.11 Å². The van der Waals surface area contributed by atoms with Crippen LogP contribution in [0.15, 0.2) is 21.1 Å². The van der Waals surface area contributed by atoms with Crippen molar-refractivity contribution in [2.75, 3.05) is 6.54 Å². The highest BCUT2D eigenvalue weighted by molar-refractivity contribution is 8.77. The number of nitrogens with zero attached hydrogens (tertiary/aromatic N) is 2. The zero-order chi connectivity index (χ0) is 7.78. The van der Waals surface area contributed by atoms with Crippen LogP contribution in [0.3, 0.4) is 0 Å². The van der Waals surface area contributed by atoms with Crippen LogP contribution in [0, 0.1) is 0 Å². The molecule has 1 aliphatic rings. The molecule has 62 valence electrons. The van der Waals surface area contributed by atoms with Gasteiger partial charge in [-0.3, -0.25) is 0 Å². The van der Waals surface area contributed by atoms with Gasteiger partial charge in [-0.1, -0.05) is 12.5 Å². The smallest absolute Gasteiger partial charge is 0.0716 e. The molecule has 1 aliphatic heterocycles. The Hall–Kier alpha value is 0.0400. The summed E-state index contributed by atoms with van der Waals surface area (Å²) in [5.74, 6) is 0. The first-order valence-corrected chi connectivity index (χ1v) is 6.01. The van der Waals surface area contributed by atoms with E-state index in [9.17, 15) is 0 Å². The second kappa shape index (κ2) is 6.73. The summed E-state index contributed by atoms with van der Waals surface area (Å²) in [5.41, 5.74) is 0. The second-order valence-electron chi connectivity index (χ2n) is 2.34. The highest BCUT2D eigenvalue weighted by atomic mass is 33.1. The van der Waals surface area contributed by atoms with E-state index in [0.29, 0.717) is 0 Å². The average Bonchev–Trinajstić information content (AvgIpc) is 2.08. The number of hydrogen-bond donors (Lipinski definition) is 0. The van der Waals surface area contributed by atoms with E-state index in [0.717, 1.165) is 6.54 Å².